The molecule has 0 aliphatic heterocycles. The minimum absolute atomic E-state index is 0.0302. The van der Waals surface area contributed by atoms with Gasteiger partial charge in [0.05, 0.1) is 17.4 Å². The Kier molecular flexibility index (Phi) is 4.70. The average molecular weight is 341 g/mol. The zero-order chi connectivity index (χ0) is 18.0. The topological polar surface area (TPSA) is 71.0 Å². The standard InChI is InChI=1S/C19H27N5O/c1-13(21-17-11-20-24(12-17)19(2,3)4)14-5-7-15(8-6-14)22-18(25)23-16-9-10-16/h5-8,11-13,16,21H,9-10H2,1-4H3,(H2,22,23,25)/t13-/m0/s1. The first-order chi connectivity index (χ1) is 11.8. The highest BCUT2D eigenvalue weighted by atomic mass is 16.2. The second-order valence-electron chi connectivity index (χ2n) is 7.71. The Morgan fingerprint density at radius 2 is 1.88 bits per heavy atom. The van der Waals surface area contributed by atoms with Crippen LogP contribution in [0.4, 0.5) is 16.2 Å². The van der Waals surface area contributed by atoms with E-state index in [0.29, 0.717) is 6.04 Å². The maximum atomic E-state index is 11.8. The first-order valence-corrected chi connectivity index (χ1v) is 8.80. The number of nitrogens with one attached hydrogen (secondary N) is 3. The summed E-state index contributed by atoms with van der Waals surface area (Å²) in [5, 5.41) is 13.7. The van der Waals surface area contributed by atoms with Gasteiger partial charge in [-0.3, -0.25) is 4.68 Å². The van der Waals surface area contributed by atoms with Crippen LogP contribution in [0.3, 0.4) is 0 Å². The molecule has 0 saturated heterocycles. The SMILES string of the molecule is C[C@H](Nc1cnn(C(C)(C)C)c1)c1ccc(NC(=O)NC2CC2)cc1. The molecule has 2 amide bonds. The Morgan fingerprint density at radius 3 is 2.44 bits per heavy atom. The third-order valence-corrected chi connectivity index (χ3v) is 4.23. The number of rotatable bonds is 5. The van der Waals surface area contributed by atoms with Gasteiger partial charge in [0.25, 0.3) is 0 Å². The van der Waals surface area contributed by atoms with Gasteiger partial charge in [-0.1, -0.05) is 12.1 Å². The van der Waals surface area contributed by atoms with Crippen LogP contribution in [-0.4, -0.2) is 21.9 Å². The van der Waals surface area contributed by atoms with Crippen molar-refractivity contribution in [2.24, 2.45) is 0 Å². The molecule has 6 heteroatoms. The predicted molar refractivity (Wildman–Crippen MR) is 101 cm³/mol. The van der Waals surface area contributed by atoms with E-state index < -0.39 is 0 Å². The average Bonchev–Trinajstić information content (AvgIpc) is 3.21. The molecule has 1 heterocycles. The summed E-state index contributed by atoms with van der Waals surface area (Å²) in [6.45, 7) is 8.48. The lowest BCUT2D eigenvalue weighted by atomic mass is 10.1. The van der Waals surface area contributed by atoms with Gasteiger partial charge >= 0.3 is 6.03 Å². The zero-order valence-corrected chi connectivity index (χ0v) is 15.3. The van der Waals surface area contributed by atoms with Gasteiger partial charge in [0.15, 0.2) is 0 Å². The van der Waals surface area contributed by atoms with Crippen molar-refractivity contribution in [3.05, 3.63) is 42.2 Å². The summed E-state index contributed by atoms with van der Waals surface area (Å²) >= 11 is 0. The Balaban J connectivity index is 1.57. The molecule has 25 heavy (non-hydrogen) atoms. The smallest absolute Gasteiger partial charge is 0.319 e. The minimum atomic E-state index is -0.129. The summed E-state index contributed by atoms with van der Waals surface area (Å²) in [7, 11) is 0. The van der Waals surface area contributed by atoms with Crippen molar-refractivity contribution < 1.29 is 4.79 Å². The van der Waals surface area contributed by atoms with Crippen LogP contribution in [0.25, 0.3) is 0 Å². The lowest BCUT2D eigenvalue weighted by molar-refractivity contribution is 0.251. The molecule has 0 spiro atoms. The molecule has 1 aliphatic carbocycles. The predicted octanol–water partition coefficient (Wildman–Crippen LogP) is 4.10. The van der Waals surface area contributed by atoms with Gasteiger partial charge < -0.3 is 16.0 Å². The second-order valence-corrected chi connectivity index (χ2v) is 7.71. The van der Waals surface area contributed by atoms with Crippen molar-refractivity contribution in [3.63, 3.8) is 0 Å². The van der Waals surface area contributed by atoms with Gasteiger partial charge in [0.1, 0.15) is 0 Å². The quantitative estimate of drug-likeness (QED) is 0.767. The molecule has 0 radical (unpaired) electrons. The second kappa shape index (κ2) is 6.78. The highest BCUT2D eigenvalue weighted by Crippen LogP contribution is 2.23. The van der Waals surface area contributed by atoms with Crippen molar-refractivity contribution in [1.82, 2.24) is 15.1 Å². The number of anilines is 2. The summed E-state index contributed by atoms with van der Waals surface area (Å²) < 4.78 is 1.95. The first-order valence-electron chi connectivity index (χ1n) is 8.80. The zero-order valence-electron chi connectivity index (χ0n) is 15.3. The molecule has 1 aliphatic rings. The molecule has 1 saturated carbocycles. The van der Waals surface area contributed by atoms with Crippen molar-refractivity contribution in [1.29, 1.82) is 0 Å². The fourth-order valence-corrected chi connectivity index (χ4v) is 2.53. The van der Waals surface area contributed by atoms with E-state index in [2.05, 4.69) is 48.7 Å². The summed E-state index contributed by atoms with van der Waals surface area (Å²) in [5.74, 6) is 0. The molecule has 6 nitrogen and oxygen atoms in total. The number of hydrogen-bond acceptors (Lipinski definition) is 3. The molecular weight excluding hydrogens is 314 g/mol. The van der Waals surface area contributed by atoms with E-state index in [4.69, 9.17) is 0 Å². The molecule has 0 bridgehead atoms. The first kappa shape index (κ1) is 17.3. The summed E-state index contributed by atoms with van der Waals surface area (Å²) in [6.07, 6.45) is 6.04. The van der Waals surface area contributed by atoms with Crippen molar-refractivity contribution in [2.75, 3.05) is 10.6 Å². The van der Waals surface area contributed by atoms with Gasteiger partial charge in [0.2, 0.25) is 0 Å². The Hall–Kier alpha value is -2.50. The van der Waals surface area contributed by atoms with Crippen molar-refractivity contribution in [3.8, 4) is 0 Å². The van der Waals surface area contributed by atoms with E-state index >= 15 is 0 Å². The maximum Gasteiger partial charge on any atom is 0.319 e. The Labute approximate surface area is 149 Å². The number of carbonyl (C=O) groups excluding carboxylic acids is 1. The number of amides is 2. The van der Waals surface area contributed by atoms with Crippen LogP contribution in [0, 0.1) is 0 Å². The minimum Gasteiger partial charge on any atom is -0.376 e. The van der Waals surface area contributed by atoms with E-state index in [9.17, 15) is 4.79 Å². The highest BCUT2D eigenvalue weighted by molar-refractivity contribution is 5.89. The fraction of sp³-hybridized carbons (Fsp3) is 0.474. The van der Waals surface area contributed by atoms with Gasteiger partial charge in [-0.15, -0.1) is 0 Å². The molecule has 3 N–H and O–H groups in total. The van der Waals surface area contributed by atoms with Gasteiger partial charge in [0, 0.05) is 24.0 Å². The van der Waals surface area contributed by atoms with Gasteiger partial charge in [-0.25, -0.2) is 4.79 Å². The van der Waals surface area contributed by atoms with E-state index in [-0.39, 0.29) is 17.6 Å². The van der Waals surface area contributed by atoms with E-state index in [1.807, 2.05) is 41.3 Å². The number of nitrogens with zero attached hydrogens (tertiary/aromatic N) is 2. The number of urea groups is 1. The lowest BCUT2D eigenvalue weighted by Crippen LogP contribution is -2.30. The number of aromatic nitrogens is 2. The summed E-state index contributed by atoms with van der Waals surface area (Å²) in [4.78, 5) is 11.8. The molecule has 2 aromatic rings. The summed E-state index contributed by atoms with van der Waals surface area (Å²) in [6, 6.07) is 8.29. The molecule has 1 fully saturated rings. The Bertz CT molecular complexity index is 725. The van der Waals surface area contributed by atoms with Crippen LogP contribution < -0.4 is 16.0 Å². The molecule has 1 aromatic heterocycles. The molecule has 1 atom stereocenters. The Morgan fingerprint density at radius 1 is 1.20 bits per heavy atom. The monoisotopic (exact) mass is 341 g/mol. The van der Waals surface area contributed by atoms with Crippen LogP contribution in [0.2, 0.25) is 0 Å². The van der Waals surface area contributed by atoms with Gasteiger partial charge in [-0.05, 0) is 58.2 Å². The van der Waals surface area contributed by atoms with Crippen molar-refractivity contribution in [2.45, 2.75) is 58.2 Å². The van der Waals surface area contributed by atoms with E-state index in [0.717, 1.165) is 29.8 Å². The highest BCUT2D eigenvalue weighted by Gasteiger charge is 2.23. The van der Waals surface area contributed by atoms with Gasteiger partial charge in [-0.2, -0.15) is 5.10 Å². The van der Waals surface area contributed by atoms with E-state index in [1.165, 1.54) is 0 Å². The molecule has 1 aromatic carbocycles. The molecule has 3 rings (SSSR count). The number of hydrogen-bond donors (Lipinski definition) is 3. The molecular formula is C19H27N5O. The third kappa shape index (κ3) is 4.75. The number of benzene rings is 1. The van der Waals surface area contributed by atoms with Crippen molar-refractivity contribution >= 4 is 17.4 Å². The third-order valence-electron chi connectivity index (χ3n) is 4.23. The largest absolute Gasteiger partial charge is 0.376 e. The molecule has 134 valence electrons. The van der Waals surface area contributed by atoms with Crippen LogP contribution >= 0.6 is 0 Å². The van der Waals surface area contributed by atoms with Crippen LogP contribution in [-0.2, 0) is 5.54 Å². The molecule has 0 unspecified atom stereocenters. The summed E-state index contributed by atoms with van der Waals surface area (Å²) in [5.41, 5.74) is 2.91. The van der Waals surface area contributed by atoms with Crippen LogP contribution in [0.1, 0.15) is 52.1 Å². The van der Waals surface area contributed by atoms with E-state index in [1.54, 1.807) is 0 Å². The number of carbonyl (C=O) groups is 1. The van der Waals surface area contributed by atoms with Crippen LogP contribution in [0.5, 0.6) is 0 Å². The normalized spacial score (nSPS) is 15.5. The lowest BCUT2D eigenvalue weighted by Gasteiger charge is -2.19. The fourth-order valence-electron chi connectivity index (χ4n) is 2.53. The van der Waals surface area contributed by atoms with Crippen LogP contribution in [0.15, 0.2) is 36.7 Å². The maximum absolute atomic E-state index is 11.8.